The quantitative estimate of drug-likeness (QED) is 0.828. The number of aryl methyl sites for hydroxylation is 1. The minimum absolute atomic E-state index is 0.584. The Morgan fingerprint density at radius 3 is 3.00 bits per heavy atom. The lowest BCUT2D eigenvalue weighted by atomic mass is 10.2. The van der Waals surface area contributed by atoms with E-state index in [1.54, 1.807) is 7.11 Å². The van der Waals surface area contributed by atoms with Crippen molar-refractivity contribution >= 4 is 27.0 Å². The first kappa shape index (κ1) is 9.68. The van der Waals surface area contributed by atoms with Crippen LogP contribution in [0.3, 0.4) is 0 Å². The van der Waals surface area contributed by atoms with Gasteiger partial charge in [-0.1, -0.05) is 0 Å². The average molecular weight is 256 g/mol. The van der Waals surface area contributed by atoms with Crippen LogP contribution in [0.1, 0.15) is 11.5 Å². The fourth-order valence-corrected chi connectivity index (χ4v) is 1.99. The van der Waals surface area contributed by atoms with Gasteiger partial charge in [-0.3, -0.25) is 0 Å². The molecule has 0 radical (unpaired) electrons. The predicted octanol–water partition coefficient (Wildman–Crippen LogP) is 3.05. The molecule has 14 heavy (non-hydrogen) atoms. The minimum atomic E-state index is 0.584. The molecule has 1 aromatic heterocycles. The minimum Gasteiger partial charge on any atom is -0.440 e. The zero-order chi connectivity index (χ0) is 10.1. The Labute approximate surface area is 90.2 Å². The fraction of sp³-hybridized carbons (Fsp3) is 0.300. The van der Waals surface area contributed by atoms with Crippen molar-refractivity contribution in [1.29, 1.82) is 0 Å². The van der Waals surface area contributed by atoms with Crippen LogP contribution in [0.4, 0.5) is 0 Å². The summed E-state index contributed by atoms with van der Waals surface area (Å²) in [4.78, 5) is 4.26. The van der Waals surface area contributed by atoms with Gasteiger partial charge in [0.15, 0.2) is 11.5 Å². The maximum absolute atomic E-state index is 5.43. The summed E-state index contributed by atoms with van der Waals surface area (Å²) in [5, 5.41) is 0. The molecule has 0 aliphatic carbocycles. The van der Waals surface area contributed by atoms with E-state index < -0.39 is 0 Å². The molecule has 0 fully saturated rings. The van der Waals surface area contributed by atoms with Gasteiger partial charge in [-0.25, -0.2) is 4.98 Å². The number of rotatable bonds is 2. The number of fused-ring (bicyclic) bond motifs is 1. The number of benzene rings is 1. The van der Waals surface area contributed by atoms with E-state index >= 15 is 0 Å². The highest BCUT2D eigenvalue weighted by Crippen LogP contribution is 2.26. The van der Waals surface area contributed by atoms with Crippen LogP contribution in [-0.2, 0) is 11.3 Å². The van der Waals surface area contributed by atoms with Gasteiger partial charge in [0.25, 0.3) is 0 Å². The van der Waals surface area contributed by atoms with Gasteiger partial charge in [0.2, 0.25) is 0 Å². The van der Waals surface area contributed by atoms with E-state index in [1.807, 2.05) is 19.1 Å². The van der Waals surface area contributed by atoms with Gasteiger partial charge in [-0.15, -0.1) is 0 Å². The van der Waals surface area contributed by atoms with E-state index in [0.717, 1.165) is 21.1 Å². The number of aromatic nitrogens is 1. The van der Waals surface area contributed by atoms with Crippen LogP contribution in [0, 0.1) is 6.92 Å². The van der Waals surface area contributed by atoms with Crippen LogP contribution in [0.5, 0.6) is 0 Å². The molecule has 0 atom stereocenters. The first-order valence-corrected chi connectivity index (χ1v) is 5.04. The average Bonchev–Trinajstić information content (AvgIpc) is 2.47. The van der Waals surface area contributed by atoms with Gasteiger partial charge in [-0.05, 0) is 33.6 Å². The molecule has 0 saturated heterocycles. The number of oxazole rings is 1. The van der Waals surface area contributed by atoms with Crippen molar-refractivity contribution in [3.8, 4) is 0 Å². The molecule has 0 unspecified atom stereocenters. The van der Waals surface area contributed by atoms with E-state index in [1.165, 1.54) is 0 Å². The summed E-state index contributed by atoms with van der Waals surface area (Å²) >= 11 is 3.44. The van der Waals surface area contributed by atoms with E-state index in [9.17, 15) is 0 Å². The number of hydrogen-bond acceptors (Lipinski definition) is 3. The van der Waals surface area contributed by atoms with Gasteiger partial charge in [0.1, 0.15) is 5.52 Å². The maximum atomic E-state index is 5.43. The maximum Gasteiger partial charge on any atom is 0.192 e. The van der Waals surface area contributed by atoms with E-state index in [2.05, 4.69) is 20.9 Å². The molecule has 74 valence electrons. The summed E-state index contributed by atoms with van der Waals surface area (Å²) in [6.45, 7) is 2.42. The second-order valence-electron chi connectivity index (χ2n) is 3.09. The summed E-state index contributed by atoms with van der Waals surface area (Å²) in [6.07, 6.45) is 0. The molecular weight excluding hydrogens is 246 g/mol. The first-order valence-electron chi connectivity index (χ1n) is 4.25. The van der Waals surface area contributed by atoms with Crippen molar-refractivity contribution < 1.29 is 9.15 Å². The third kappa shape index (κ3) is 1.67. The van der Waals surface area contributed by atoms with Gasteiger partial charge < -0.3 is 9.15 Å². The summed E-state index contributed by atoms with van der Waals surface area (Å²) in [6, 6.07) is 3.95. The molecular formula is C10H10BrNO2. The van der Waals surface area contributed by atoms with Gasteiger partial charge in [-0.2, -0.15) is 0 Å². The van der Waals surface area contributed by atoms with Gasteiger partial charge in [0.05, 0.1) is 11.1 Å². The summed E-state index contributed by atoms with van der Waals surface area (Å²) in [5.41, 5.74) is 2.74. The van der Waals surface area contributed by atoms with E-state index in [-0.39, 0.29) is 0 Å². The lowest BCUT2D eigenvalue weighted by molar-refractivity contribution is 0.185. The number of halogens is 1. The van der Waals surface area contributed by atoms with Crippen molar-refractivity contribution in [3.63, 3.8) is 0 Å². The van der Waals surface area contributed by atoms with Crippen LogP contribution in [0.15, 0.2) is 21.0 Å². The van der Waals surface area contributed by atoms with Crippen molar-refractivity contribution in [1.82, 2.24) is 4.98 Å². The smallest absolute Gasteiger partial charge is 0.192 e. The van der Waals surface area contributed by atoms with Crippen molar-refractivity contribution in [2.45, 2.75) is 13.5 Å². The van der Waals surface area contributed by atoms with E-state index in [0.29, 0.717) is 12.5 Å². The summed E-state index contributed by atoms with van der Waals surface area (Å²) < 4.78 is 11.4. The highest BCUT2D eigenvalue weighted by atomic mass is 79.9. The van der Waals surface area contributed by atoms with Crippen molar-refractivity contribution in [3.05, 3.63) is 28.1 Å². The molecule has 2 rings (SSSR count). The molecule has 2 aromatic rings. The van der Waals surface area contributed by atoms with Crippen LogP contribution in [0.25, 0.3) is 11.1 Å². The predicted molar refractivity (Wildman–Crippen MR) is 57.2 cm³/mol. The highest BCUT2D eigenvalue weighted by molar-refractivity contribution is 9.10. The lowest BCUT2D eigenvalue weighted by Gasteiger charge is -1.99. The summed E-state index contributed by atoms with van der Waals surface area (Å²) in [7, 11) is 1.67. The third-order valence-corrected chi connectivity index (χ3v) is 2.51. The molecule has 0 bridgehead atoms. The Kier molecular flexibility index (Phi) is 2.56. The number of ether oxygens (including phenoxy) is 1. The first-order chi connectivity index (χ1) is 6.70. The molecule has 0 saturated carbocycles. The largest absolute Gasteiger partial charge is 0.440 e. The number of hydrogen-bond donors (Lipinski definition) is 0. The Hall–Kier alpha value is -0.870. The second kappa shape index (κ2) is 3.71. The normalized spacial score (nSPS) is 11.1. The molecule has 4 heteroatoms. The second-order valence-corrected chi connectivity index (χ2v) is 3.95. The molecule has 0 aliphatic heterocycles. The Morgan fingerprint density at radius 2 is 2.29 bits per heavy atom. The molecule has 0 amide bonds. The Bertz CT molecular complexity index is 464. The van der Waals surface area contributed by atoms with Crippen molar-refractivity contribution in [2.24, 2.45) is 0 Å². The van der Waals surface area contributed by atoms with Gasteiger partial charge in [0, 0.05) is 14.0 Å². The molecule has 0 aliphatic rings. The van der Waals surface area contributed by atoms with Crippen LogP contribution < -0.4 is 0 Å². The fourth-order valence-electron chi connectivity index (χ4n) is 1.41. The molecule has 3 nitrogen and oxygen atoms in total. The summed E-state index contributed by atoms with van der Waals surface area (Å²) in [5.74, 6) is 0.676. The molecule has 1 aromatic carbocycles. The highest BCUT2D eigenvalue weighted by Gasteiger charge is 2.07. The molecule has 0 spiro atoms. The van der Waals surface area contributed by atoms with Gasteiger partial charge >= 0.3 is 0 Å². The Balaban J connectivity index is 2.59. The molecule has 0 N–H and O–H groups in total. The van der Waals surface area contributed by atoms with Crippen LogP contribution >= 0.6 is 15.9 Å². The lowest BCUT2D eigenvalue weighted by Crippen LogP contribution is -1.87. The topological polar surface area (TPSA) is 35.3 Å². The standard InChI is InChI=1S/C10H10BrNO2/c1-6-12-9-4-7(5-13-2)3-8(11)10(9)14-6/h3-4H,5H2,1-2H3. The SMILES string of the molecule is COCc1cc(Br)c2oc(C)nc2c1. The third-order valence-electron chi connectivity index (χ3n) is 1.92. The number of methoxy groups -OCH3 is 1. The zero-order valence-corrected chi connectivity index (χ0v) is 9.59. The zero-order valence-electron chi connectivity index (χ0n) is 8.00. The van der Waals surface area contributed by atoms with Crippen LogP contribution in [0.2, 0.25) is 0 Å². The van der Waals surface area contributed by atoms with Crippen molar-refractivity contribution in [2.75, 3.05) is 7.11 Å². The molecule has 1 heterocycles. The number of nitrogens with zero attached hydrogens (tertiary/aromatic N) is 1. The Morgan fingerprint density at radius 1 is 1.50 bits per heavy atom. The van der Waals surface area contributed by atoms with Crippen LogP contribution in [-0.4, -0.2) is 12.1 Å². The monoisotopic (exact) mass is 255 g/mol. The van der Waals surface area contributed by atoms with E-state index in [4.69, 9.17) is 9.15 Å².